The molecule has 0 radical (unpaired) electrons. The van der Waals surface area contributed by atoms with E-state index >= 15 is 0 Å². The van der Waals surface area contributed by atoms with Gasteiger partial charge in [-0.05, 0) is 12.0 Å². The van der Waals surface area contributed by atoms with Crippen LogP contribution in [0.25, 0.3) is 0 Å². The van der Waals surface area contributed by atoms with Gasteiger partial charge in [-0.2, -0.15) is 0 Å². The monoisotopic (exact) mass is 203 g/mol. The molecule has 0 saturated carbocycles. The number of carbonyl (C=O) groups is 1. The van der Waals surface area contributed by atoms with Gasteiger partial charge in [0.25, 0.3) is 0 Å². The summed E-state index contributed by atoms with van der Waals surface area (Å²) in [5.74, 6) is -0.273. The summed E-state index contributed by atoms with van der Waals surface area (Å²) in [6.07, 6.45) is 0.627. The molecular weight excluding hydrogens is 190 g/mol. The fourth-order valence-electron chi connectivity index (χ4n) is 1.60. The van der Waals surface area contributed by atoms with Gasteiger partial charge >= 0.3 is 5.97 Å². The number of aliphatic imine (C=N–C) groups is 1. The normalized spacial score (nSPS) is 20.7. The van der Waals surface area contributed by atoms with Crippen molar-refractivity contribution in [1.29, 1.82) is 0 Å². The van der Waals surface area contributed by atoms with Gasteiger partial charge in [0, 0.05) is 0 Å². The van der Waals surface area contributed by atoms with Crippen LogP contribution in [0.15, 0.2) is 35.3 Å². The summed E-state index contributed by atoms with van der Waals surface area (Å²) >= 11 is 0. The number of benzene rings is 1. The van der Waals surface area contributed by atoms with Crippen molar-refractivity contribution in [2.24, 2.45) is 4.99 Å². The molecule has 15 heavy (non-hydrogen) atoms. The summed E-state index contributed by atoms with van der Waals surface area (Å²) in [6, 6.07) is 9.86. The van der Waals surface area contributed by atoms with E-state index in [4.69, 9.17) is 4.74 Å². The van der Waals surface area contributed by atoms with Gasteiger partial charge in [0.1, 0.15) is 18.4 Å². The van der Waals surface area contributed by atoms with Crippen LogP contribution in [-0.2, 0) is 9.53 Å². The van der Waals surface area contributed by atoms with Gasteiger partial charge in [-0.1, -0.05) is 37.3 Å². The molecule has 0 aromatic heterocycles. The highest BCUT2D eigenvalue weighted by molar-refractivity contribution is 6.36. The summed E-state index contributed by atoms with van der Waals surface area (Å²) < 4.78 is 5.08. The number of rotatable bonds is 2. The second-order valence-corrected chi connectivity index (χ2v) is 3.45. The van der Waals surface area contributed by atoms with Crippen molar-refractivity contribution in [3.8, 4) is 0 Å². The highest BCUT2D eigenvalue weighted by atomic mass is 16.5. The van der Waals surface area contributed by atoms with E-state index in [0.717, 1.165) is 5.56 Å². The third-order valence-corrected chi connectivity index (χ3v) is 2.44. The lowest BCUT2D eigenvalue weighted by Crippen LogP contribution is -2.26. The maximum Gasteiger partial charge on any atom is 0.352 e. The van der Waals surface area contributed by atoms with Crippen molar-refractivity contribution >= 4 is 11.7 Å². The summed E-state index contributed by atoms with van der Waals surface area (Å²) in [7, 11) is 0. The average molecular weight is 203 g/mol. The molecule has 0 unspecified atom stereocenters. The molecule has 1 atom stereocenters. The average Bonchev–Trinajstić information content (AvgIpc) is 2.31. The largest absolute Gasteiger partial charge is 0.459 e. The number of nitrogens with zero attached hydrogens (tertiary/aromatic N) is 1. The molecule has 1 heterocycles. The first kappa shape index (κ1) is 9.90. The number of cyclic esters (lactones) is 1. The van der Waals surface area contributed by atoms with Crippen LogP contribution in [0.3, 0.4) is 0 Å². The van der Waals surface area contributed by atoms with E-state index in [-0.39, 0.29) is 12.0 Å². The fourth-order valence-corrected chi connectivity index (χ4v) is 1.60. The van der Waals surface area contributed by atoms with E-state index in [2.05, 4.69) is 4.99 Å². The predicted molar refractivity (Wildman–Crippen MR) is 57.9 cm³/mol. The van der Waals surface area contributed by atoms with E-state index in [0.29, 0.717) is 18.7 Å². The predicted octanol–water partition coefficient (Wildman–Crippen LogP) is 2.14. The lowest BCUT2D eigenvalue weighted by molar-refractivity contribution is -0.137. The molecule has 78 valence electrons. The Morgan fingerprint density at radius 2 is 2.13 bits per heavy atom. The Bertz CT molecular complexity index is 384. The van der Waals surface area contributed by atoms with E-state index in [1.807, 2.05) is 37.3 Å². The molecule has 0 fully saturated rings. The summed E-state index contributed by atoms with van der Waals surface area (Å²) in [5, 5.41) is 0. The van der Waals surface area contributed by atoms with Crippen molar-refractivity contribution in [2.75, 3.05) is 6.61 Å². The Balaban J connectivity index is 2.26. The quantitative estimate of drug-likeness (QED) is 0.691. The lowest BCUT2D eigenvalue weighted by Gasteiger charge is -2.19. The topological polar surface area (TPSA) is 38.7 Å². The zero-order valence-corrected chi connectivity index (χ0v) is 8.64. The van der Waals surface area contributed by atoms with Crippen molar-refractivity contribution in [3.05, 3.63) is 35.9 Å². The Morgan fingerprint density at radius 3 is 2.80 bits per heavy atom. The van der Waals surface area contributed by atoms with Crippen LogP contribution in [0.2, 0.25) is 0 Å². The summed E-state index contributed by atoms with van der Waals surface area (Å²) in [5.41, 5.74) is 1.63. The third-order valence-electron chi connectivity index (χ3n) is 2.44. The molecule has 0 bridgehead atoms. The first-order chi connectivity index (χ1) is 7.31. The van der Waals surface area contributed by atoms with Crippen LogP contribution in [0.4, 0.5) is 0 Å². The van der Waals surface area contributed by atoms with Gasteiger partial charge in [0.05, 0.1) is 0 Å². The van der Waals surface area contributed by atoms with Crippen molar-refractivity contribution < 1.29 is 9.53 Å². The summed E-state index contributed by atoms with van der Waals surface area (Å²) in [4.78, 5) is 15.6. The minimum Gasteiger partial charge on any atom is -0.459 e. The Hall–Kier alpha value is -1.64. The van der Waals surface area contributed by atoms with Crippen LogP contribution in [0.5, 0.6) is 0 Å². The maximum absolute atomic E-state index is 11.2. The van der Waals surface area contributed by atoms with Gasteiger partial charge in [0.2, 0.25) is 0 Å². The minimum atomic E-state index is -0.273. The van der Waals surface area contributed by atoms with Gasteiger partial charge in [-0.15, -0.1) is 0 Å². The highest BCUT2D eigenvalue weighted by Crippen LogP contribution is 2.21. The minimum absolute atomic E-state index is 0.0288. The van der Waals surface area contributed by atoms with E-state index in [9.17, 15) is 4.79 Å². The number of carbonyl (C=O) groups excluding carboxylic acids is 1. The first-order valence-electron chi connectivity index (χ1n) is 5.10. The molecular formula is C12H13NO2. The molecule has 1 aromatic rings. The molecule has 1 aliphatic rings. The van der Waals surface area contributed by atoms with Crippen molar-refractivity contribution in [1.82, 2.24) is 0 Å². The lowest BCUT2D eigenvalue weighted by atomic mass is 10.1. The third kappa shape index (κ3) is 2.06. The van der Waals surface area contributed by atoms with E-state index in [1.165, 1.54) is 0 Å². The van der Waals surface area contributed by atoms with Crippen LogP contribution in [0.1, 0.15) is 24.9 Å². The van der Waals surface area contributed by atoms with Crippen LogP contribution in [-0.4, -0.2) is 18.3 Å². The van der Waals surface area contributed by atoms with Gasteiger partial charge in [-0.3, -0.25) is 4.99 Å². The first-order valence-corrected chi connectivity index (χ1v) is 5.10. The van der Waals surface area contributed by atoms with E-state index < -0.39 is 0 Å². The van der Waals surface area contributed by atoms with Crippen molar-refractivity contribution in [2.45, 2.75) is 19.4 Å². The Labute approximate surface area is 88.8 Å². The molecule has 0 amide bonds. The van der Waals surface area contributed by atoms with Crippen LogP contribution >= 0.6 is 0 Å². The SMILES string of the molecule is CCC1=N[C@H](c2ccccc2)COC1=O. The molecule has 3 heteroatoms. The molecule has 0 aliphatic carbocycles. The summed E-state index contributed by atoms with van der Waals surface area (Å²) in [6.45, 7) is 2.26. The van der Waals surface area contributed by atoms with E-state index in [1.54, 1.807) is 0 Å². The number of hydrogen-bond donors (Lipinski definition) is 0. The van der Waals surface area contributed by atoms with Gasteiger partial charge < -0.3 is 4.74 Å². The molecule has 0 N–H and O–H groups in total. The zero-order chi connectivity index (χ0) is 10.7. The number of ether oxygens (including phenoxy) is 1. The van der Waals surface area contributed by atoms with Crippen LogP contribution in [0, 0.1) is 0 Å². The van der Waals surface area contributed by atoms with Crippen LogP contribution < -0.4 is 0 Å². The number of esters is 1. The molecule has 0 spiro atoms. The fraction of sp³-hybridized carbons (Fsp3) is 0.333. The molecule has 1 aromatic carbocycles. The molecule has 1 aliphatic heterocycles. The molecule has 0 saturated heterocycles. The standard InChI is InChI=1S/C12H13NO2/c1-2-10-12(14)15-8-11(13-10)9-6-4-3-5-7-9/h3-7,11H,2,8H2,1H3/t11-/m0/s1. The molecule has 2 rings (SSSR count). The maximum atomic E-state index is 11.2. The van der Waals surface area contributed by atoms with Gasteiger partial charge in [0.15, 0.2) is 0 Å². The smallest absolute Gasteiger partial charge is 0.352 e. The Kier molecular flexibility index (Phi) is 2.81. The highest BCUT2D eigenvalue weighted by Gasteiger charge is 2.22. The molecule has 3 nitrogen and oxygen atoms in total. The number of hydrogen-bond acceptors (Lipinski definition) is 3. The van der Waals surface area contributed by atoms with Gasteiger partial charge in [-0.25, -0.2) is 4.79 Å². The Morgan fingerprint density at radius 1 is 1.40 bits per heavy atom. The van der Waals surface area contributed by atoms with Crippen molar-refractivity contribution in [3.63, 3.8) is 0 Å². The zero-order valence-electron chi connectivity index (χ0n) is 8.64. The second-order valence-electron chi connectivity index (χ2n) is 3.45. The second kappa shape index (κ2) is 4.26.